The molecule has 0 radical (unpaired) electrons. The lowest BCUT2D eigenvalue weighted by molar-refractivity contribution is -0.120. The Labute approximate surface area is 209 Å². The Morgan fingerprint density at radius 2 is 1.63 bits per heavy atom. The molecule has 3 N–H and O–H groups in total. The number of hydrogen-bond acceptors (Lipinski definition) is 3. The lowest BCUT2D eigenvalue weighted by Crippen LogP contribution is -2.24. The normalized spacial score (nSPS) is 15.0. The van der Waals surface area contributed by atoms with E-state index in [1.807, 2.05) is 85.1 Å². The summed E-state index contributed by atoms with van der Waals surface area (Å²) in [5, 5.41) is 6.83. The van der Waals surface area contributed by atoms with Crippen LogP contribution in [0.4, 0.5) is 11.4 Å². The fourth-order valence-corrected chi connectivity index (χ4v) is 5.71. The number of H-pyrrole nitrogens is 1. The fraction of sp³-hybridized carbons (Fsp3) is 0.241. The molecule has 5 rings (SSSR count). The van der Waals surface area contributed by atoms with Gasteiger partial charge in [-0.25, -0.2) is 0 Å². The van der Waals surface area contributed by atoms with Crippen molar-refractivity contribution >= 4 is 45.9 Å². The van der Waals surface area contributed by atoms with Crippen LogP contribution in [-0.4, -0.2) is 16.8 Å². The van der Waals surface area contributed by atoms with Crippen LogP contribution in [0.1, 0.15) is 42.9 Å². The largest absolute Gasteiger partial charge is 0.361 e. The number of carbonyl (C=O) groups excluding carboxylic acids is 2. The number of amides is 2. The molecule has 0 saturated heterocycles. The number of aromatic nitrogens is 1. The van der Waals surface area contributed by atoms with Crippen LogP contribution < -0.4 is 10.6 Å². The Morgan fingerprint density at radius 3 is 2.46 bits per heavy atom. The number of aromatic amines is 1. The minimum atomic E-state index is -0.445. The monoisotopic (exact) mass is 483 g/mol. The van der Waals surface area contributed by atoms with Crippen molar-refractivity contribution < 1.29 is 9.59 Å². The summed E-state index contributed by atoms with van der Waals surface area (Å²) in [5.74, 6) is 0.104. The van der Waals surface area contributed by atoms with Crippen LogP contribution in [-0.2, 0) is 9.59 Å². The third-order valence-electron chi connectivity index (χ3n) is 6.49. The molecule has 1 unspecified atom stereocenters. The molecule has 0 bridgehead atoms. The average Bonchev–Trinajstić information content (AvgIpc) is 3.36. The van der Waals surface area contributed by atoms with E-state index >= 15 is 0 Å². The third-order valence-corrected chi connectivity index (χ3v) is 7.74. The van der Waals surface area contributed by atoms with E-state index in [0.717, 1.165) is 58.4 Å². The molecule has 0 spiro atoms. The predicted octanol–water partition coefficient (Wildman–Crippen LogP) is 7.16. The molecule has 4 aromatic rings. The maximum atomic E-state index is 13.4. The number of thioether (sulfide) groups is 1. The van der Waals surface area contributed by atoms with E-state index in [-0.39, 0.29) is 17.7 Å². The zero-order chi connectivity index (χ0) is 24.0. The Bertz CT molecular complexity index is 1310. The highest BCUT2D eigenvalue weighted by atomic mass is 32.2. The van der Waals surface area contributed by atoms with Gasteiger partial charge in [0.2, 0.25) is 11.8 Å². The van der Waals surface area contributed by atoms with E-state index in [0.29, 0.717) is 0 Å². The van der Waals surface area contributed by atoms with Gasteiger partial charge in [-0.05, 0) is 60.2 Å². The topological polar surface area (TPSA) is 74.0 Å². The smallest absolute Gasteiger partial charge is 0.242 e. The van der Waals surface area contributed by atoms with Crippen molar-refractivity contribution in [1.29, 1.82) is 0 Å². The van der Waals surface area contributed by atoms with Crippen LogP contribution in [0, 0.1) is 5.92 Å². The number of anilines is 2. The van der Waals surface area contributed by atoms with Crippen LogP contribution in [0.3, 0.4) is 0 Å². The molecule has 1 aliphatic rings. The van der Waals surface area contributed by atoms with Crippen LogP contribution in [0.5, 0.6) is 0 Å². The lowest BCUT2D eigenvalue weighted by atomic mass is 9.88. The summed E-state index contributed by atoms with van der Waals surface area (Å²) in [6.07, 6.45) is 7.28. The van der Waals surface area contributed by atoms with Gasteiger partial charge in [-0.1, -0.05) is 61.7 Å². The Balaban J connectivity index is 1.33. The van der Waals surface area contributed by atoms with Gasteiger partial charge in [-0.15, -0.1) is 11.8 Å². The third kappa shape index (κ3) is 5.77. The van der Waals surface area contributed by atoms with Crippen molar-refractivity contribution in [2.45, 2.75) is 42.2 Å². The number of rotatable bonds is 7. The van der Waals surface area contributed by atoms with Crippen LogP contribution in [0.15, 0.2) is 90.0 Å². The maximum Gasteiger partial charge on any atom is 0.242 e. The van der Waals surface area contributed by atoms with Gasteiger partial charge in [-0.2, -0.15) is 0 Å². The summed E-state index contributed by atoms with van der Waals surface area (Å²) in [6.45, 7) is 0. The fourth-order valence-electron chi connectivity index (χ4n) is 4.63. The zero-order valence-corrected chi connectivity index (χ0v) is 20.3. The Hall–Kier alpha value is -3.51. The maximum absolute atomic E-state index is 13.4. The van der Waals surface area contributed by atoms with Crippen molar-refractivity contribution in [2.75, 3.05) is 10.6 Å². The summed E-state index contributed by atoms with van der Waals surface area (Å²) in [5.41, 5.74) is 3.43. The average molecular weight is 484 g/mol. The van der Waals surface area contributed by atoms with Gasteiger partial charge in [0.25, 0.3) is 0 Å². The summed E-state index contributed by atoms with van der Waals surface area (Å²) in [6, 6.07) is 25.4. The van der Waals surface area contributed by atoms with E-state index in [1.165, 1.54) is 18.2 Å². The molecular formula is C29H29N3O2S. The second-order valence-corrected chi connectivity index (χ2v) is 10.2. The van der Waals surface area contributed by atoms with Gasteiger partial charge in [-0.3, -0.25) is 9.59 Å². The zero-order valence-electron chi connectivity index (χ0n) is 19.5. The molecule has 1 saturated carbocycles. The first-order valence-electron chi connectivity index (χ1n) is 12.2. The summed E-state index contributed by atoms with van der Waals surface area (Å²) < 4.78 is 0. The lowest BCUT2D eigenvalue weighted by Gasteiger charge is -2.21. The highest BCUT2D eigenvalue weighted by Gasteiger charge is 2.24. The number of benzene rings is 3. The van der Waals surface area contributed by atoms with E-state index in [1.54, 1.807) is 0 Å². The molecule has 178 valence electrons. The first-order valence-corrected chi connectivity index (χ1v) is 13.0. The van der Waals surface area contributed by atoms with Gasteiger partial charge in [0.1, 0.15) is 5.25 Å². The van der Waals surface area contributed by atoms with E-state index in [9.17, 15) is 9.59 Å². The van der Waals surface area contributed by atoms with Crippen molar-refractivity contribution in [3.8, 4) is 0 Å². The number of hydrogen-bond donors (Lipinski definition) is 3. The van der Waals surface area contributed by atoms with Crippen molar-refractivity contribution in [2.24, 2.45) is 5.92 Å². The van der Waals surface area contributed by atoms with E-state index in [2.05, 4.69) is 15.6 Å². The molecule has 2 amide bonds. The molecular weight excluding hydrogens is 454 g/mol. The highest BCUT2D eigenvalue weighted by molar-refractivity contribution is 8.00. The van der Waals surface area contributed by atoms with Crippen LogP contribution in [0.2, 0.25) is 0 Å². The van der Waals surface area contributed by atoms with Crippen molar-refractivity contribution in [3.63, 3.8) is 0 Å². The summed E-state index contributed by atoms with van der Waals surface area (Å²) in [7, 11) is 0. The van der Waals surface area contributed by atoms with E-state index < -0.39 is 5.25 Å². The SMILES string of the molecule is O=C(Nc1cccc(SC(C(=O)Nc2ccc3cc[nH]c3c2)c2ccccc2)c1)C1CCCCC1. The second kappa shape index (κ2) is 10.8. The molecule has 1 atom stereocenters. The summed E-state index contributed by atoms with van der Waals surface area (Å²) in [4.78, 5) is 30.3. The molecule has 35 heavy (non-hydrogen) atoms. The van der Waals surface area contributed by atoms with Gasteiger partial charge < -0.3 is 15.6 Å². The molecule has 1 fully saturated rings. The first kappa shape index (κ1) is 23.2. The van der Waals surface area contributed by atoms with Crippen LogP contribution >= 0.6 is 11.8 Å². The molecule has 6 heteroatoms. The first-order chi connectivity index (χ1) is 17.2. The highest BCUT2D eigenvalue weighted by Crippen LogP contribution is 2.37. The van der Waals surface area contributed by atoms with Crippen LogP contribution in [0.25, 0.3) is 10.9 Å². The summed E-state index contributed by atoms with van der Waals surface area (Å²) >= 11 is 1.48. The van der Waals surface area contributed by atoms with Gasteiger partial charge in [0, 0.05) is 33.9 Å². The molecule has 1 aliphatic carbocycles. The number of fused-ring (bicyclic) bond motifs is 1. The minimum Gasteiger partial charge on any atom is -0.361 e. The number of nitrogens with one attached hydrogen (secondary N) is 3. The molecule has 3 aromatic carbocycles. The van der Waals surface area contributed by atoms with Gasteiger partial charge in [0.05, 0.1) is 0 Å². The molecule has 1 aromatic heterocycles. The Morgan fingerprint density at radius 1 is 0.829 bits per heavy atom. The van der Waals surface area contributed by atoms with Crippen molar-refractivity contribution in [1.82, 2.24) is 4.98 Å². The molecule has 5 nitrogen and oxygen atoms in total. The predicted molar refractivity (Wildman–Crippen MR) is 144 cm³/mol. The van der Waals surface area contributed by atoms with Gasteiger partial charge in [0.15, 0.2) is 0 Å². The molecule has 1 heterocycles. The quantitative estimate of drug-likeness (QED) is 0.244. The Kier molecular flexibility index (Phi) is 7.19. The second-order valence-electron chi connectivity index (χ2n) is 9.03. The number of carbonyl (C=O) groups is 2. The van der Waals surface area contributed by atoms with Crippen molar-refractivity contribution in [3.05, 3.63) is 90.6 Å². The minimum absolute atomic E-state index is 0.0937. The molecule has 0 aliphatic heterocycles. The van der Waals surface area contributed by atoms with E-state index in [4.69, 9.17) is 0 Å². The van der Waals surface area contributed by atoms with Gasteiger partial charge >= 0.3 is 0 Å². The standard InChI is InChI=1S/C29H29N3O2S/c33-28(22-10-5-2-6-11-22)31-23-12-7-13-25(18-23)35-27(21-8-3-1-4-9-21)29(34)32-24-15-14-20-16-17-30-26(20)19-24/h1,3-4,7-9,12-19,22,27,30H,2,5-6,10-11H2,(H,31,33)(H,32,34).